The number of hydrogen-bond acceptors (Lipinski definition) is 4. The van der Waals surface area contributed by atoms with Crippen molar-refractivity contribution in [3.63, 3.8) is 0 Å². The van der Waals surface area contributed by atoms with Gasteiger partial charge >= 0.3 is 6.18 Å². The third kappa shape index (κ3) is 5.22. The summed E-state index contributed by atoms with van der Waals surface area (Å²) in [5.41, 5.74) is 4.45. The molecular weight excluding hydrogens is 410 g/mol. The standard InChI is InChI=1S/C19H23F4N3O2S/c20-15-6-3-12(19(21,22)23)9-14(15)17(27)25-13-4-1-11(2-5-13)16(24)18(28)26-7-8-29-10-26/h3,6,9,11,13,16H,1-2,4-5,7-8,10,24H2,(H,25,27). The van der Waals surface area contributed by atoms with Crippen LogP contribution in [0.4, 0.5) is 17.6 Å². The molecule has 2 amide bonds. The van der Waals surface area contributed by atoms with Crippen molar-refractivity contribution < 1.29 is 27.2 Å². The molecule has 1 heterocycles. The van der Waals surface area contributed by atoms with Crippen LogP contribution in [-0.2, 0) is 11.0 Å². The third-order valence-electron chi connectivity index (χ3n) is 5.50. The van der Waals surface area contributed by atoms with Gasteiger partial charge in [0.1, 0.15) is 5.82 Å². The Labute approximate surface area is 170 Å². The zero-order chi connectivity index (χ0) is 21.2. The summed E-state index contributed by atoms with van der Waals surface area (Å²) in [4.78, 5) is 26.5. The van der Waals surface area contributed by atoms with Crippen LogP contribution < -0.4 is 11.1 Å². The van der Waals surface area contributed by atoms with Gasteiger partial charge in [0.25, 0.3) is 5.91 Å². The number of amides is 2. The minimum Gasteiger partial charge on any atom is -0.349 e. The molecule has 3 rings (SSSR count). The van der Waals surface area contributed by atoms with E-state index in [1.54, 1.807) is 16.7 Å². The Bertz CT molecular complexity index is 760. The molecule has 1 saturated heterocycles. The Morgan fingerprint density at radius 1 is 1.21 bits per heavy atom. The highest BCUT2D eigenvalue weighted by atomic mass is 32.2. The fourth-order valence-corrected chi connectivity index (χ4v) is 4.72. The average Bonchev–Trinajstić information content (AvgIpc) is 3.21. The molecule has 1 aliphatic carbocycles. The summed E-state index contributed by atoms with van der Waals surface area (Å²) >= 11 is 1.68. The van der Waals surface area contributed by atoms with Crippen molar-refractivity contribution in [2.24, 2.45) is 11.7 Å². The number of halogens is 4. The normalized spacial score (nSPS) is 23.7. The van der Waals surface area contributed by atoms with Gasteiger partial charge < -0.3 is 16.0 Å². The van der Waals surface area contributed by atoms with Crippen molar-refractivity contribution in [1.29, 1.82) is 0 Å². The van der Waals surface area contributed by atoms with Crippen molar-refractivity contribution in [2.75, 3.05) is 18.2 Å². The van der Waals surface area contributed by atoms with E-state index in [9.17, 15) is 27.2 Å². The average molecular weight is 433 g/mol. The fraction of sp³-hybridized carbons (Fsp3) is 0.579. The molecular formula is C19H23F4N3O2S. The van der Waals surface area contributed by atoms with Crippen LogP contribution in [0.5, 0.6) is 0 Å². The molecule has 1 aliphatic heterocycles. The lowest BCUT2D eigenvalue weighted by Gasteiger charge is -2.33. The molecule has 1 aromatic carbocycles. The Hall–Kier alpha value is -1.81. The number of nitrogens with zero attached hydrogens (tertiary/aromatic N) is 1. The minimum atomic E-state index is -4.66. The van der Waals surface area contributed by atoms with Crippen LogP contribution >= 0.6 is 11.8 Å². The molecule has 0 spiro atoms. The van der Waals surface area contributed by atoms with Gasteiger partial charge in [0.15, 0.2) is 0 Å². The predicted octanol–water partition coefficient (Wildman–Crippen LogP) is 2.99. The van der Waals surface area contributed by atoms with Crippen LogP contribution in [0.3, 0.4) is 0 Å². The maximum atomic E-state index is 13.9. The largest absolute Gasteiger partial charge is 0.416 e. The summed E-state index contributed by atoms with van der Waals surface area (Å²) in [6.45, 7) is 0.700. The number of nitrogens with one attached hydrogen (secondary N) is 1. The highest BCUT2D eigenvalue weighted by Crippen LogP contribution is 2.31. The number of carbonyl (C=O) groups is 2. The minimum absolute atomic E-state index is 0.00783. The lowest BCUT2D eigenvalue weighted by atomic mass is 9.81. The number of thioether (sulfide) groups is 1. The molecule has 2 fully saturated rings. The van der Waals surface area contributed by atoms with Gasteiger partial charge in [-0.3, -0.25) is 9.59 Å². The van der Waals surface area contributed by atoms with Crippen LogP contribution in [0.2, 0.25) is 0 Å². The van der Waals surface area contributed by atoms with E-state index in [1.165, 1.54) is 0 Å². The molecule has 1 aromatic rings. The summed E-state index contributed by atoms with van der Waals surface area (Å²) in [6.07, 6.45) is -2.36. The number of rotatable bonds is 4. The first-order valence-corrected chi connectivity index (χ1v) is 10.6. The molecule has 1 unspecified atom stereocenters. The lowest BCUT2D eigenvalue weighted by Crippen LogP contribution is -2.49. The molecule has 29 heavy (non-hydrogen) atoms. The predicted molar refractivity (Wildman–Crippen MR) is 102 cm³/mol. The molecule has 0 bridgehead atoms. The van der Waals surface area contributed by atoms with Gasteiger partial charge in [-0.25, -0.2) is 4.39 Å². The Kier molecular flexibility index (Phi) is 6.72. The summed E-state index contributed by atoms with van der Waals surface area (Å²) in [5.74, 6) is -0.379. The SMILES string of the molecule is NC(C(=O)N1CCSC1)C1CCC(NC(=O)c2cc(C(F)(F)F)ccc2F)CC1. The zero-order valence-electron chi connectivity index (χ0n) is 15.7. The van der Waals surface area contributed by atoms with Gasteiger partial charge in [-0.05, 0) is 49.8 Å². The quantitative estimate of drug-likeness (QED) is 0.716. The zero-order valence-corrected chi connectivity index (χ0v) is 16.5. The lowest BCUT2D eigenvalue weighted by molar-refractivity contribution is -0.137. The number of carbonyl (C=O) groups excluding carboxylic acids is 2. The summed E-state index contributed by atoms with van der Waals surface area (Å²) in [7, 11) is 0. The van der Waals surface area contributed by atoms with Crippen LogP contribution in [-0.4, -0.2) is 47.0 Å². The first-order chi connectivity index (χ1) is 13.7. The van der Waals surface area contributed by atoms with Crippen molar-refractivity contribution in [3.8, 4) is 0 Å². The van der Waals surface area contributed by atoms with E-state index in [0.717, 1.165) is 5.75 Å². The molecule has 0 radical (unpaired) electrons. The third-order valence-corrected chi connectivity index (χ3v) is 6.47. The second kappa shape index (κ2) is 8.91. The van der Waals surface area contributed by atoms with Gasteiger partial charge in [0, 0.05) is 18.3 Å². The van der Waals surface area contributed by atoms with Crippen molar-refractivity contribution >= 4 is 23.6 Å². The summed E-state index contributed by atoms with van der Waals surface area (Å²) in [5, 5.41) is 2.61. The van der Waals surface area contributed by atoms with E-state index < -0.39 is 35.1 Å². The molecule has 5 nitrogen and oxygen atoms in total. The Morgan fingerprint density at radius 3 is 2.48 bits per heavy atom. The van der Waals surface area contributed by atoms with Gasteiger partial charge in [-0.1, -0.05) is 0 Å². The Balaban J connectivity index is 1.55. The van der Waals surface area contributed by atoms with E-state index in [2.05, 4.69) is 5.32 Å². The second-order valence-corrected chi connectivity index (χ2v) is 8.52. The van der Waals surface area contributed by atoms with Gasteiger partial charge in [0.05, 0.1) is 23.0 Å². The van der Waals surface area contributed by atoms with Crippen LogP contribution in [0, 0.1) is 11.7 Å². The number of hydrogen-bond donors (Lipinski definition) is 2. The molecule has 2 aliphatic rings. The molecule has 10 heteroatoms. The highest BCUT2D eigenvalue weighted by Gasteiger charge is 2.34. The maximum absolute atomic E-state index is 13.9. The van der Waals surface area contributed by atoms with E-state index in [0.29, 0.717) is 56.3 Å². The number of benzene rings is 1. The van der Waals surface area contributed by atoms with Crippen molar-refractivity contribution in [1.82, 2.24) is 10.2 Å². The van der Waals surface area contributed by atoms with E-state index in [4.69, 9.17) is 5.73 Å². The van der Waals surface area contributed by atoms with Gasteiger partial charge in [-0.2, -0.15) is 13.2 Å². The maximum Gasteiger partial charge on any atom is 0.416 e. The van der Waals surface area contributed by atoms with Crippen molar-refractivity contribution in [3.05, 3.63) is 35.1 Å². The van der Waals surface area contributed by atoms with E-state index in [1.807, 2.05) is 0 Å². The second-order valence-electron chi connectivity index (χ2n) is 7.44. The molecule has 160 valence electrons. The summed E-state index contributed by atoms with van der Waals surface area (Å²) < 4.78 is 52.3. The molecule has 1 atom stereocenters. The van der Waals surface area contributed by atoms with E-state index >= 15 is 0 Å². The van der Waals surface area contributed by atoms with E-state index in [-0.39, 0.29) is 17.9 Å². The smallest absolute Gasteiger partial charge is 0.349 e. The Morgan fingerprint density at radius 2 is 1.90 bits per heavy atom. The van der Waals surface area contributed by atoms with Crippen LogP contribution in [0.1, 0.15) is 41.6 Å². The van der Waals surface area contributed by atoms with Crippen LogP contribution in [0.25, 0.3) is 0 Å². The highest BCUT2D eigenvalue weighted by molar-refractivity contribution is 7.99. The topological polar surface area (TPSA) is 75.4 Å². The van der Waals surface area contributed by atoms with Crippen molar-refractivity contribution in [2.45, 2.75) is 43.9 Å². The molecule has 3 N–H and O–H groups in total. The molecule has 1 saturated carbocycles. The fourth-order valence-electron chi connectivity index (χ4n) is 3.76. The van der Waals surface area contributed by atoms with Gasteiger partial charge in [-0.15, -0.1) is 11.8 Å². The first kappa shape index (κ1) is 21.9. The summed E-state index contributed by atoms with van der Waals surface area (Å²) in [6, 6.07) is 0.896. The van der Waals surface area contributed by atoms with Gasteiger partial charge in [0.2, 0.25) is 5.91 Å². The van der Waals surface area contributed by atoms with Crippen LogP contribution in [0.15, 0.2) is 18.2 Å². The number of nitrogens with two attached hydrogens (primary N) is 1. The first-order valence-electron chi connectivity index (χ1n) is 9.46. The molecule has 0 aromatic heterocycles. The monoisotopic (exact) mass is 433 g/mol. The number of alkyl halides is 3.